The monoisotopic (exact) mass is 373 g/mol. The molecule has 118 valence electrons. The number of hydrogen-bond donors (Lipinski definition) is 2. The van der Waals surface area contributed by atoms with Crippen molar-refractivity contribution >= 4 is 34.0 Å². The van der Waals surface area contributed by atoms with Crippen molar-refractivity contribution in [1.82, 2.24) is 10.7 Å². The summed E-state index contributed by atoms with van der Waals surface area (Å²) in [5, 5.41) is 6.31. The SMILES string of the molecule is O=C(NCCc1ccccc1)C(=O)N/N=C/c1ccc(Br)cc1. The van der Waals surface area contributed by atoms with E-state index in [0.29, 0.717) is 13.0 Å². The fourth-order valence-electron chi connectivity index (χ4n) is 1.81. The molecule has 0 atom stereocenters. The molecule has 0 saturated carbocycles. The van der Waals surface area contributed by atoms with Crippen LogP contribution < -0.4 is 10.7 Å². The third-order valence-corrected chi connectivity index (χ3v) is 3.53. The lowest BCUT2D eigenvalue weighted by Crippen LogP contribution is -2.38. The molecule has 0 aliphatic carbocycles. The van der Waals surface area contributed by atoms with Gasteiger partial charge in [0.05, 0.1) is 6.21 Å². The summed E-state index contributed by atoms with van der Waals surface area (Å²) >= 11 is 3.33. The van der Waals surface area contributed by atoms with Gasteiger partial charge in [-0.15, -0.1) is 0 Å². The van der Waals surface area contributed by atoms with Gasteiger partial charge in [-0.25, -0.2) is 5.43 Å². The van der Waals surface area contributed by atoms with E-state index < -0.39 is 11.8 Å². The molecule has 6 heteroatoms. The number of carbonyl (C=O) groups is 2. The highest BCUT2D eigenvalue weighted by molar-refractivity contribution is 9.10. The second-order valence-corrected chi connectivity index (χ2v) is 5.66. The molecule has 2 aromatic rings. The zero-order valence-corrected chi connectivity index (χ0v) is 13.9. The summed E-state index contributed by atoms with van der Waals surface area (Å²) in [5.41, 5.74) is 4.12. The third kappa shape index (κ3) is 6.04. The predicted octanol–water partition coefficient (Wildman–Crippen LogP) is 2.26. The minimum atomic E-state index is -0.786. The van der Waals surface area contributed by atoms with Crippen molar-refractivity contribution in [3.8, 4) is 0 Å². The number of benzene rings is 2. The van der Waals surface area contributed by atoms with Gasteiger partial charge < -0.3 is 5.32 Å². The van der Waals surface area contributed by atoms with E-state index in [1.807, 2.05) is 54.6 Å². The number of hydrazone groups is 1. The molecule has 0 spiro atoms. The first-order chi connectivity index (χ1) is 11.1. The standard InChI is InChI=1S/C17H16BrN3O2/c18-15-8-6-14(7-9-15)12-20-21-17(23)16(22)19-11-10-13-4-2-1-3-5-13/h1-9,12H,10-11H2,(H,19,22)(H,21,23)/b20-12+. The molecular weight excluding hydrogens is 358 g/mol. The van der Waals surface area contributed by atoms with Gasteiger partial charge in [0.2, 0.25) is 0 Å². The summed E-state index contributed by atoms with van der Waals surface area (Å²) in [4.78, 5) is 23.2. The average Bonchev–Trinajstić information content (AvgIpc) is 2.57. The first-order valence-electron chi connectivity index (χ1n) is 7.06. The van der Waals surface area contributed by atoms with Gasteiger partial charge in [-0.05, 0) is 29.7 Å². The lowest BCUT2D eigenvalue weighted by atomic mass is 10.1. The van der Waals surface area contributed by atoms with Gasteiger partial charge >= 0.3 is 11.8 Å². The summed E-state index contributed by atoms with van der Waals surface area (Å²) in [6, 6.07) is 17.1. The highest BCUT2D eigenvalue weighted by atomic mass is 79.9. The van der Waals surface area contributed by atoms with Crippen LogP contribution in [0, 0.1) is 0 Å². The predicted molar refractivity (Wildman–Crippen MR) is 93.0 cm³/mol. The van der Waals surface area contributed by atoms with E-state index in [2.05, 4.69) is 31.8 Å². The van der Waals surface area contributed by atoms with Gasteiger partial charge in [0, 0.05) is 11.0 Å². The molecule has 0 radical (unpaired) electrons. The Morgan fingerprint density at radius 2 is 1.70 bits per heavy atom. The molecule has 2 rings (SSSR count). The van der Waals surface area contributed by atoms with Gasteiger partial charge in [-0.2, -0.15) is 5.10 Å². The maximum absolute atomic E-state index is 11.6. The topological polar surface area (TPSA) is 70.6 Å². The number of rotatable bonds is 5. The Bertz CT molecular complexity index is 685. The van der Waals surface area contributed by atoms with E-state index in [-0.39, 0.29) is 0 Å². The Kier molecular flexibility index (Phi) is 6.50. The fourth-order valence-corrected chi connectivity index (χ4v) is 2.07. The zero-order valence-electron chi connectivity index (χ0n) is 12.3. The van der Waals surface area contributed by atoms with Crippen LogP contribution in [-0.2, 0) is 16.0 Å². The van der Waals surface area contributed by atoms with E-state index in [1.54, 1.807) is 0 Å². The molecule has 0 fully saturated rings. The molecular formula is C17H16BrN3O2. The zero-order chi connectivity index (χ0) is 16.5. The van der Waals surface area contributed by atoms with E-state index in [1.165, 1.54) is 6.21 Å². The molecule has 0 unspecified atom stereocenters. The van der Waals surface area contributed by atoms with Crippen molar-refractivity contribution in [3.05, 3.63) is 70.2 Å². The van der Waals surface area contributed by atoms with Crippen molar-refractivity contribution in [3.63, 3.8) is 0 Å². The van der Waals surface area contributed by atoms with Crippen LogP contribution in [0.15, 0.2) is 64.2 Å². The number of halogens is 1. The van der Waals surface area contributed by atoms with Crippen LogP contribution in [-0.4, -0.2) is 24.6 Å². The summed E-state index contributed by atoms with van der Waals surface area (Å²) in [7, 11) is 0. The number of nitrogens with one attached hydrogen (secondary N) is 2. The molecule has 5 nitrogen and oxygen atoms in total. The lowest BCUT2D eigenvalue weighted by molar-refractivity contribution is -0.139. The second kappa shape index (κ2) is 8.85. The number of carbonyl (C=O) groups excluding carboxylic acids is 2. The second-order valence-electron chi connectivity index (χ2n) is 4.74. The lowest BCUT2D eigenvalue weighted by Gasteiger charge is -2.04. The molecule has 0 aromatic heterocycles. The molecule has 2 aromatic carbocycles. The Morgan fingerprint density at radius 1 is 1.00 bits per heavy atom. The van der Waals surface area contributed by atoms with Crippen LogP contribution in [0.1, 0.15) is 11.1 Å². The first kappa shape index (κ1) is 16.9. The van der Waals surface area contributed by atoms with Crippen LogP contribution in [0.3, 0.4) is 0 Å². The Morgan fingerprint density at radius 3 is 2.39 bits per heavy atom. The largest absolute Gasteiger partial charge is 0.347 e. The molecule has 0 aliphatic rings. The van der Waals surface area contributed by atoms with Gasteiger partial charge in [-0.3, -0.25) is 9.59 Å². The quantitative estimate of drug-likeness (QED) is 0.479. The normalized spacial score (nSPS) is 10.5. The van der Waals surface area contributed by atoms with Crippen molar-refractivity contribution in [2.75, 3.05) is 6.54 Å². The van der Waals surface area contributed by atoms with Crippen molar-refractivity contribution in [2.45, 2.75) is 6.42 Å². The van der Waals surface area contributed by atoms with Gasteiger partial charge in [0.1, 0.15) is 0 Å². The minimum absolute atomic E-state index is 0.396. The van der Waals surface area contributed by atoms with E-state index in [4.69, 9.17) is 0 Å². The minimum Gasteiger partial charge on any atom is -0.347 e. The van der Waals surface area contributed by atoms with Crippen LogP contribution in [0.4, 0.5) is 0 Å². The molecule has 0 saturated heterocycles. The Labute approximate surface area is 142 Å². The van der Waals surface area contributed by atoms with E-state index in [0.717, 1.165) is 15.6 Å². The highest BCUT2D eigenvalue weighted by Crippen LogP contribution is 2.08. The fraction of sp³-hybridized carbons (Fsp3) is 0.118. The van der Waals surface area contributed by atoms with Gasteiger partial charge in [0.15, 0.2) is 0 Å². The molecule has 23 heavy (non-hydrogen) atoms. The van der Waals surface area contributed by atoms with Crippen LogP contribution in [0.2, 0.25) is 0 Å². The summed E-state index contributed by atoms with van der Waals surface area (Å²) < 4.78 is 0.955. The first-order valence-corrected chi connectivity index (χ1v) is 7.85. The van der Waals surface area contributed by atoms with Crippen LogP contribution >= 0.6 is 15.9 Å². The molecule has 0 aliphatic heterocycles. The van der Waals surface area contributed by atoms with Crippen molar-refractivity contribution < 1.29 is 9.59 Å². The van der Waals surface area contributed by atoms with Crippen molar-refractivity contribution in [1.29, 1.82) is 0 Å². The van der Waals surface area contributed by atoms with Crippen molar-refractivity contribution in [2.24, 2.45) is 5.10 Å². The summed E-state index contributed by atoms with van der Waals surface area (Å²) in [5.74, 6) is -1.49. The third-order valence-electron chi connectivity index (χ3n) is 3.00. The van der Waals surface area contributed by atoms with E-state index >= 15 is 0 Å². The van der Waals surface area contributed by atoms with Gasteiger partial charge in [0.25, 0.3) is 0 Å². The maximum Gasteiger partial charge on any atom is 0.329 e. The van der Waals surface area contributed by atoms with Crippen LogP contribution in [0.5, 0.6) is 0 Å². The summed E-state index contributed by atoms with van der Waals surface area (Å²) in [6.07, 6.45) is 2.14. The smallest absolute Gasteiger partial charge is 0.329 e. The number of amides is 2. The van der Waals surface area contributed by atoms with Crippen LogP contribution in [0.25, 0.3) is 0 Å². The molecule has 0 bridgehead atoms. The van der Waals surface area contributed by atoms with Gasteiger partial charge in [-0.1, -0.05) is 58.4 Å². The maximum atomic E-state index is 11.6. The molecule has 2 amide bonds. The molecule has 0 heterocycles. The van der Waals surface area contributed by atoms with E-state index in [9.17, 15) is 9.59 Å². The Balaban J connectivity index is 1.72. The average molecular weight is 374 g/mol. The number of nitrogens with zero attached hydrogens (tertiary/aromatic N) is 1. The molecule has 2 N–H and O–H groups in total. The Hall–Kier alpha value is -2.47. The number of hydrogen-bond acceptors (Lipinski definition) is 3. The summed E-state index contributed by atoms with van der Waals surface area (Å²) in [6.45, 7) is 0.396. The highest BCUT2D eigenvalue weighted by Gasteiger charge is 2.11.